The van der Waals surface area contributed by atoms with E-state index in [0.29, 0.717) is 46.2 Å². The fourth-order valence-electron chi connectivity index (χ4n) is 2.74. The number of Topliss-reactive ketones (excluding diaryl/α,β-unsaturated/α-hetero) is 1. The van der Waals surface area contributed by atoms with Gasteiger partial charge in [0.2, 0.25) is 0 Å². The number of carbonyl (C=O) groups is 1. The van der Waals surface area contributed by atoms with Gasteiger partial charge in [0.15, 0.2) is 10.9 Å². The van der Waals surface area contributed by atoms with E-state index in [1.807, 2.05) is 30.3 Å². The number of fused-ring (bicyclic) bond motifs is 1. The molecule has 27 heavy (non-hydrogen) atoms. The zero-order chi connectivity index (χ0) is 19.2. The number of thioether (sulfide) groups is 1. The third-order valence-electron chi connectivity index (χ3n) is 4.07. The zero-order valence-electron chi connectivity index (χ0n) is 14.7. The number of allylic oxidation sites excluding steroid dienone is 1. The van der Waals surface area contributed by atoms with E-state index in [4.69, 9.17) is 11.6 Å². The van der Waals surface area contributed by atoms with Crippen molar-refractivity contribution in [3.05, 3.63) is 82.1 Å². The second kappa shape index (κ2) is 9.02. The second-order valence-electron chi connectivity index (χ2n) is 6.00. The quantitative estimate of drug-likeness (QED) is 0.176. The van der Waals surface area contributed by atoms with Crippen molar-refractivity contribution < 1.29 is 4.79 Å². The van der Waals surface area contributed by atoms with Crippen molar-refractivity contribution in [2.45, 2.75) is 24.5 Å². The minimum absolute atomic E-state index is 0.112. The Labute approximate surface area is 166 Å². The maximum Gasteiger partial charge on any atom is 0.262 e. The summed E-state index contributed by atoms with van der Waals surface area (Å²) in [6.07, 6.45) is 2.84. The summed E-state index contributed by atoms with van der Waals surface area (Å²) in [5.41, 5.74) is 1.19. The predicted molar refractivity (Wildman–Crippen MR) is 112 cm³/mol. The summed E-state index contributed by atoms with van der Waals surface area (Å²) < 4.78 is 1.60. The molecule has 0 atom stereocenters. The summed E-state index contributed by atoms with van der Waals surface area (Å²) in [7, 11) is 0. The number of benzene rings is 2. The molecule has 3 rings (SSSR count). The van der Waals surface area contributed by atoms with E-state index in [-0.39, 0.29) is 11.3 Å². The average molecular weight is 399 g/mol. The molecule has 0 spiro atoms. The molecule has 0 unspecified atom stereocenters. The van der Waals surface area contributed by atoms with Gasteiger partial charge in [0.05, 0.1) is 10.9 Å². The van der Waals surface area contributed by atoms with Gasteiger partial charge in [-0.05, 0) is 24.6 Å². The lowest BCUT2D eigenvalue weighted by atomic mass is 10.1. The Hall–Kier alpha value is -2.37. The van der Waals surface area contributed by atoms with Crippen LogP contribution in [0.25, 0.3) is 10.9 Å². The van der Waals surface area contributed by atoms with Gasteiger partial charge in [0.25, 0.3) is 5.56 Å². The minimum Gasteiger partial charge on any atom is -0.294 e. The van der Waals surface area contributed by atoms with Gasteiger partial charge in [0.1, 0.15) is 0 Å². The number of ketones is 1. The molecule has 0 aliphatic carbocycles. The molecular formula is C21H19ClN2O2S. The van der Waals surface area contributed by atoms with Crippen LogP contribution >= 0.6 is 23.4 Å². The van der Waals surface area contributed by atoms with Crippen LogP contribution in [0.5, 0.6) is 0 Å². The molecule has 0 saturated carbocycles. The average Bonchev–Trinajstić information content (AvgIpc) is 2.68. The van der Waals surface area contributed by atoms with Crippen molar-refractivity contribution in [1.82, 2.24) is 9.55 Å². The lowest BCUT2D eigenvalue weighted by Crippen LogP contribution is -2.22. The van der Waals surface area contributed by atoms with Gasteiger partial charge in [0, 0.05) is 29.3 Å². The lowest BCUT2D eigenvalue weighted by Gasteiger charge is -2.11. The molecule has 0 aliphatic rings. The second-order valence-corrected chi connectivity index (χ2v) is 7.50. The van der Waals surface area contributed by atoms with Crippen molar-refractivity contribution in [1.29, 1.82) is 0 Å². The summed E-state index contributed by atoms with van der Waals surface area (Å²) in [5, 5.41) is 1.69. The number of carbonyl (C=O) groups excluding carboxylic acids is 1. The zero-order valence-corrected chi connectivity index (χ0v) is 16.3. The Morgan fingerprint density at radius 3 is 2.74 bits per heavy atom. The third-order valence-corrected chi connectivity index (χ3v) is 5.37. The Morgan fingerprint density at radius 2 is 2.00 bits per heavy atom. The van der Waals surface area contributed by atoms with Crippen LogP contribution in [-0.2, 0) is 6.54 Å². The molecule has 4 nitrogen and oxygen atoms in total. The summed E-state index contributed by atoms with van der Waals surface area (Å²) in [6.45, 7) is 4.11. The first-order valence-corrected chi connectivity index (χ1v) is 9.98. The first-order chi connectivity index (χ1) is 13.1. The first kappa shape index (κ1) is 19.4. The minimum atomic E-state index is -0.112. The third kappa shape index (κ3) is 4.67. The first-order valence-electron chi connectivity index (χ1n) is 8.62. The van der Waals surface area contributed by atoms with Crippen molar-refractivity contribution in [2.75, 3.05) is 5.75 Å². The molecule has 1 aromatic heterocycles. The van der Waals surface area contributed by atoms with E-state index in [9.17, 15) is 9.59 Å². The molecule has 3 aromatic rings. The highest BCUT2D eigenvalue weighted by atomic mass is 35.5. The fourth-order valence-corrected chi connectivity index (χ4v) is 3.85. The van der Waals surface area contributed by atoms with Gasteiger partial charge >= 0.3 is 0 Å². The molecule has 0 saturated heterocycles. The molecule has 0 fully saturated rings. The Kier molecular flexibility index (Phi) is 6.48. The number of aromatic nitrogens is 2. The summed E-state index contributed by atoms with van der Waals surface area (Å²) in [4.78, 5) is 29.5. The standard InChI is InChI=1S/C21H19ClN2O2S/c1-2-12-24-20(26)17-11-10-16(22)14-18(17)23-21(24)27-13-6-9-19(25)15-7-4-3-5-8-15/h2-5,7-8,10-11,14H,1,6,9,12-13H2. The van der Waals surface area contributed by atoms with Crippen LogP contribution in [0.3, 0.4) is 0 Å². The van der Waals surface area contributed by atoms with E-state index in [2.05, 4.69) is 11.6 Å². The van der Waals surface area contributed by atoms with Gasteiger partial charge in [-0.15, -0.1) is 6.58 Å². The number of halogens is 1. The lowest BCUT2D eigenvalue weighted by molar-refractivity contribution is 0.0982. The van der Waals surface area contributed by atoms with Gasteiger partial charge in [-0.2, -0.15) is 0 Å². The number of hydrogen-bond acceptors (Lipinski definition) is 4. The summed E-state index contributed by atoms with van der Waals surface area (Å²) in [6, 6.07) is 14.3. The van der Waals surface area contributed by atoms with Crippen LogP contribution in [0.15, 0.2) is 71.1 Å². The van der Waals surface area contributed by atoms with E-state index in [0.717, 1.165) is 5.56 Å². The molecule has 138 valence electrons. The molecule has 1 heterocycles. The Bertz CT molecular complexity index is 1030. The van der Waals surface area contributed by atoms with Crippen LogP contribution < -0.4 is 5.56 Å². The van der Waals surface area contributed by atoms with E-state index in [1.165, 1.54) is 11.8 Å². The summed E-state index contributed by atoms with van der Waals surface area (Å²) >= 11 is 7.50. The molecule has 6 heteroatoms. The highest BCUT2D eigenvalue weighted by molar-refractivity contribution is 7.99. The highest BCUT2D eigenvalue weighted by Crippen LogP contribution is 2.21. The molecule has 2 aromatic carbocycles. The Morgan fingerprint density at radius 1 is 1.22 bits per heavy atom. The Balaban J connectivity index is 1.73. The molecule has 0 bridgehead atoms. The normalized spacial score (nSPS) is 10.9. The SMILES string of the molecule is C=CCn1c(SCCCC(=O)c2ccccc2)nc2cc(Cl)ccc2c1=O. The molecule has 0 aliphatic heterocycles. The molecule has 0 radical (unpaired) electrons. The number of nitrogens with zero attached hydrogens (tertiary/aromatic N) is 2. The molecular weight excluding hydrogens is 380 g/mol. The van der Waals surface area contributed by atoms with Crippen LogP contribution in [-0.4, -0.2) is 21.1 Å². The number of rotatable bonds is 8. The van der Waals surface area contributed by atoms with Crippen LogP contribution in [0.2, 0.25) is 5.02 Å². The van der Waals surface area contributed by atoms with E-state index in [1.54, 1.807) is 28.8 Å². The maximum absolute atomic E-state index is 12.7. The van der Waals surface area contributed by atoms with Crippen molar-refractivity contribution in [2.24, 2.45) is 0 Å². The van der Waals surface area contributed by atoms with Crippen molar-refractivity contribution in [3.63, 3.8) is 0 Å². The van der Waals surface area contributed by atoms with E-state index >= 15 is 0 Å². The van der Waals surface area contributed by atoms with Crippen molar-refractivity contribution in [3.8, 4) is 0 Å². The van der Waals surface area contributed by atoms with Gasteiger partial charge in [-0.25, -0.2) is 4.98 Å². The summed E-state index contributed by atoms with van der Waals surface area (Å²) in [5.74, 6) is 0.812. The predicted octanol–water partition coefficient (Wildman–Crippen LogP) is 4.99. The smallest absolute Gasteiger partial charge is 0.262 e. The van der Waals surface area contributed by atoms with Gasteiger partial charge in [-0.1, -0.05) is 59.8 Å². The fraction of sp³-hybridized carbons (Fsp3) is 0.190. The molecule has 0 N–H and O–H groups in total. The highest BCUT2D eigenvalue weighted by Gasteiger charge is 2.12. The van der Waals surface area contributed by atoms with Gasteiger partial charge in [-0.3, -0.25) is 14.2 Å². The van der Waals surface area contributed by atoms with Crippen molar-refractivity contribution >= 4 is 40.0 Å². The maximum atomic E-state index is 12.7. The van der Waals surface area contributed by atoms with Crippen LogP contribution in [0.4, 0.5) is 0 Å². The van der Waals surface area contributed by atoms with Crippen LogP contribution in [0, 0.1) is 0 Å². The monoisotopic (exact) mass is 398 g/mol. The van der Waals surface area contributed by atoms with E-state index < -0.39 is 0 Å². The molecule has 0 amide bonds. The van der Waals surface area contributed by atoms with Gasteiger partial charge < -0.3 is 0 Å². The topological polar surface area (TPSA) is 52.0 Å². The largest absolute Gasteiger partial charge is 0.294 e. The van der Waals surface area contributed by atoms with Crippen LogP contribution in [0.1, 0.15) is 23.2 Å². The number of hydrogen-bond donors (Lipinski definition) is 0.